The SMILES string of the molecule is CNc1nc(OCCCC(C)C)c(F)cc1F. The molecule has 1 aromatic heterocycles. The molecule has 0 fully saturated rings. The molecule has 0 spiro atoms. The molecule has 5 heteroatoms. The number of pyridine rings is 1. The molecule has 0 aliphatic carbocycles. The number of aromatic nitrogens is 1. The third kappa shape index (κ3) is 4.17. The average Bonchev–Trinajstić information content (AvgIpc) is 2.26. The molecular formula is C12H18F2N2O. The highest BCUT2D eigenvalue weighted by molar-refractivity contribution is 5.38. The maximum atomic E-state index is 13.3. The zero-order valence-electron chi connectivity index (χ0n) is 10.4. The Morgan fingerprint density at radius 2 is 2.06 bits per heavy atom. The topological polar surface area (TPSA) is 34.2 Å². The molecule has 3 nitrogen and oxygen atoms in total. The highest BCUT2D eigenvalue weighted by Gasteiger charge is 2.11. The van der Waals surface area contributed by atoms with Crippen LogP contribution in [0.4, 0.5) is 14.6 Å². The van der Waals surface area contributed by atoms with E-state index in [0.717, 1.165) is 18.9 Å². The number of rotatable bonds is 6. The molecule has 17 heavy (non-hydrogen) atoms. The lowest BCUT2D eigenvalue weighted by molar-refractivity contribution is 0.272. The number of nitrogens with one attached hydrogen (secondary N) is 1. The van der Waals surface area contributed by atoms with Crippen LogP contribution in [-0.2, 0) is 0 Å². The van der Waals surface area contributed by atoms with Crippen LogP contribution in [0.2, 0.25) is 0 Å². The molecule has 1 rings (SSSR count). The van der Waals surface area contributed by atoms with Crippen LogP contribution < -0.4 is 10.1 Å². The van der Waals surface area contributed by atoms with Crippen molar-refractivity contribution in [3.8, 4) is 5.88 Å². The average molecular weight is 244 g/mol. The summed E-state index contributed by atoms with van der Waals surface area (Å²) in [5, 5.41) is 2.54. The summed E-state index contributed by atoms with van der Waals surface area (Å²) in [6.07, 6.45) is 1.83. The Labute approximate surface area is 100 Å². The molecule has 1 N–H and O–H groups in total. The summed E-state index contributed by atoms with van der Waals surface area (Å²) in [4.78, 5) is 3.72. The fraction of sp³-hybridized carbons (Fsp3) is 0.583. The second-order valence-electron chi connectivity index (χ2n) is 4.24. The van der Waals surface area contributed by atoms with E-state index in [0.29, 0.717) is 12.5 Å². The van der Waals surface area contributed by atoms with Crippen molar-refractivity contribution >= 4 is 5.82 Å². The highest BCUT2D eigenvalue weighted by atomic mass is 19.1. The third-order valence-electron chi connectivity index (χ3n) is 2.30. The molecule has 0 aromatic carbocycles. The predicted molar refractivity (Wildman–Crippen MR) is 63.3 cm³/mol. The van der Waals surface area contributed by atoms with Crippen molar-refractivity contribution in [3.05, 3.63) is 17.7 Å². The van der Waals surface area contributed by atoms with Crippen LogP contribution in [-0.4, -0.2) is 18.6 Å². The molecule has 0 aliphatic heterocycles. The van der Waals surface area contributed by atoms with Gasteiger partial charge in [0.1, 0.15) is 0 Å². The molecule has 0 saturated heterocycles. The van der Waals surface area contributed by atoms with Gasteiger partial charge in [0.05, 0.1) is 6.61 Å². The summed E-state index contributed by atoms with van der Waals surface area (Å²) in [7, 11) is 1.52. The van der Waals surface area contributed by atoms with Crippen LogP contribution in [0.25, 0.3) is 0 Å². The smallest absolute Gasteiger partial charge is 0.252 e. The van der Waals surface area contributed by atoms with Crippen LogP contribution in [0, 0.1) is 17.6 Å². The van der Waals surface area contributed by atoms with Gasteiger partial charge in [-0.05, 0) is 18.8 Å². The van der Waals surface area contributed by atoms with E-state index in [1.54, 1.807) is 0 Å². The molecule has 0 saturated carbocycles. The third-order valence-corrected chi connectivity index (χ3v) is 2.30. The molecule has 96 valence electrons. The van der Waals surface area contributed by atoms with E-state index in [9.17, 15) is 8.78 Å². The van der Waals surface area contributed by atoms with Gasteiger partial charge in [0.2, 0.25) is 0 Å². The van der Waals surface area contributed by atoms with E-state index in [1.165, 1.54) is 7.05 Å². The van der Waals surface area contributed by atoms with Gasteiger partial charge in [-0.1, -0.05) is 13.8 Å². The lowest BCUT2D eigenvalue weighted by atomic mass is 10.1. The van der Waals surface area contributed by atoms with Gasteiger partial charge in [-0.25, -0.2) is 8.78 Å². The van der Waals surface area contributed by atoms with E-state index >= 15 is 0 Å². The van der Waals surface area contributed by atoms with E-state index in [4.69, 9.17) is 4.74 Å². The lowest BCUT2D eigenvalue weighted by Crippen LogP contribution is -2.06. The van der Waals surface area contributed by atoms with Crippen LogP contribution in [0.1, 0.15) is 26.7 Å². The van der Waals surface area contributed by atoms with Gasteiger partial charge >= 0.3 is 0 Å². The maximum Gasteiger partial charge on any atom is 0.252 e. The fourth-order valence-electron chi connectivity index (χ4n) is 1.39. The van der Waals surface area contributed by atoms with Gasteiger partial charge in [0.25, 0.3) is 5.88 Å². The van der Waals surface area contributed by atoms with Crippen LogP contribution in [0.15, 0.2) is 6.07 Å². The van der Waals surface area contributed by atoms with E-state index in [2.05, 4.69) is 24.1 Å². The van der Waals surface area contributed by atoms with Crippen molar-refractivity contribution in [2.75, 3.05) is 19.0 Å². The van der Waals surface area contributed by atoms with Crippen LogP contribution in [0.5, 0.6) is 5.88 Å². The molecule has 0 unspecified atom stereocenters. The minimum absolute atomic E-state index is 0.00902. The lowest BCUT2D eigenvalue weighted by Gasteiger charge is -2.09. The molecular weight excluding hydrogens is 226 g/mol. The first-order valence-corrected chi connectivity index (χ1v) is 5.71. The quantitative estimate of drug-likeness (QED) is 0.780. The molecule has 0 amide bonds. The summed E-state index contributed by atoms with van der Waals surface area (Å²) in [6.45, 7) is 4.60. The number of halogens is 2. The van der Waals surface area contributed by atoms with Gasteiger partial charge in [-0.15, -0.1) is 0 Å². The summed E-state index contributed by atoms with van der Waals surface area (Å²) in [5.74, 6) is -1.08. The normalized spacial score (nSPS) is 10.7. The van der Waals surface area contributed by atoms with Crippen molar-refractivity contribution in [3.63, 3.8) is 0 Å². The van der Waals surface area contributed by atoms with Crippen LogP contribution >= 0.6 is 0 Å². The zero-order chi connectivity index (χ0) is 12.8. The number of hydrogen-bond acceptors (Lipinski definition) is 3. The fourth-order valence-corrected chi connectivity index (χ4v) is 1.39. The van der Waals surface area contributed by atoms with Gasteiger partial charge < -0.3 is 10.1 Å². The molecule has 0 aliphatic rings. The second-order valence-corrected chi connectivity index (χ2v) is 4.24. The van der Waals surface area contributed by atoms with Gasteiger partial charge in [-0.3, -0.25) is 0 Å². The van der Waals surface area contributed by atoms with Crippen molar-refractivity contribution < 1.29 is 13.5 Å². The standard InChI is InChI=1S/C12H18F2N2O/c1-8(2)5-4-6-17-12-10(14)7-9(13)11(15-3)16-12/h7-8H,4-6H2,1-3H3,(H,15,16). The molecule has 1 heterocycles. The first-order chi connectivity index (χ1) is 8.04. The largest absolute Gasteiger partial charge is 0.476 e. The zero-order valence-corrected chi connectivity index (χ0v) is 10.4. The Morgan fingerprint density at radius 3 is 2.65 bits per heavy atom. The van der Waals surface area contributed by atoms with E-state index in [-0.39, 0.29) is 11.7 Å². The van der Waals surface area contributed by atoms with Gasteiger partial charge in [0, 0.05) is 13.1 Å². The molecule has 1 aromatic rings. The number of ether oxygens (including phenoxy) is 1. The number of anilines is 1. The van der Waals surface area contributed by atoms with E-state index in [1.807, 2.05) is 0 Å². The van der Waals surface area contributed by atoms with Crippen molar-refractivity contribution in [1.29, 1.82) is 0 Å². The maximum absolute atomic E-state index is 13.3. The van der Waals surface area contributed by atoms with Gasteiger partial charge in [0.15, 0.2) is 17.5 Å². The first kappa shape index (κ1) is 13.7. The number of hydrogen-bond donors (Lipinski definition) is 1. The van der Waals surface area contributed by atoms with Crippen molar-refractivity contribution in [2.45, 2.75) is 26.7 Å². The van der Waals surface area contributed by atoms with E-state index < -0.39 is 11.6 Å². The Morgan fingerprint density at radius 1 is 1.35 bits per heavy atom. The van der Waals surface area contributed by atoms with Crippen LogP contribution in [0.3, 0.4) is 0 Å². The molecule has 0 bridgehead atoms. The minimum atomic E-state index is -0.772. The molecule has 0 atom stereocenters. The van der Waals surface area contributed by atoms with Gasteiger partial charge in [-0.2, -0.15) is 4.98 Å². The molecule has 0 radical (unpaired) electrons. The Kier molecular flexibility index (Phi) is 5.12. The Bertz CT molecular complexity index is 370. The summed E-state index contributed by atoms with van der Waals surface area (Å²) in [6, 6.07) is 0.774. The summed E-state index contributed by atoms with van der Waals surface area (Å²) < 4.78 is 31.6. The Balaban J connectivity index is 2.58. The highest BCUT2D eigenvalue weighted by Crippen LogP contribution is 2.20. The van der Waals surface area contributed by atoms with Crippen molar-refractivity contribution in [1.82, 2.24) is 4.98 Å². The number of nitrogens with zero attached hydrogens (tertiary/aromatic N) is 1. The van der Waals surface area contributed by atoms with Crippen molar-refractivity contribution in [2.24, 2.45) is 5.92 Å². The second kappa shape index (κ2) is 6.37. The monoisotopic (exact) mass is 244 g/mol. The summed E-state index contributed by atoms with van der Waals surface area (Å²) in [5.41, 5.74) is 0. The first-order valence-electron chi connectivity index (χ1n) is 5.71. The predicted octanol–water partition coefficient (Wildman–Crippen LogP) is 3.22. The Hall–Kier alpha value is -1.39. The summed E-state index contributed by atoms with van der Waals surface area (Å²) >= 11 is 0. The minimum Gasteiger partial charge on any atom is -0.476 e.